The van der Waals surface area contributed by atoms with Crippen molar-refractivity contribution in [3.63, 3.8) is 0 Å². The zero-order valence-electron chi connectivity index (χ0n) is 23.4. The molecule has 1 aliphatic rings. The average Bonchev–Trinajstić information content (AvgIpc) is 3.43. The van der Waals surface area contributed by atoms with Crippen molar-refractivity contribution in [1.82, 2.24) is 4.90 Å². The second-order valence-electron chi connectivity index (χ2n) is 10.6. The van der Waals surface area contributed by atoms with Crippen LogP contribution in [-0.4, -0.2) is 24.1 Å². The van der Waals surface area contributed by atoms with Gasteiger partial charge in [-0.1, -0.05) is 32.0 Å². The number of carbonyl (C=O) groups is 1. The van der Waals surface area contributed by atoms with Gasteiger partial charge in [-0.15, -0.1) is 11.3 Å². The highest BCUT2D eigenvalue weighted by atomic mass is 32.1. The van der Waals surface area contributed by atoms with Crippen LogP contribution in [-0.2, 0) is 23.6 Å². The Kier molecular flexibility index (Phi) is 7.87. The first kappa shape index (κ1) is 30.7. The van der Waals surface area contributed by atoms with Gasteiger partial charge in [0.1, 0.15) is 17.7 Å². The molecule has 0 N–H and O–H groups in total. The van der Waals surface area contributed by atoms with Gasteiger partial charge < -0.3 is 9.47 Å². The summed E-state index contributed by atoms with van der Waals surface area (Å²) in [6.45, 7) is 5.14. The Bertz CT molecular complexity index is 1660. The maximum Gasteiger partial charge on any atom is 0.416 e. The quantitative estimate of drug-likeness (QED) is 0.200. The van der Waals surface area contributed by atoms with Gasteiger partial charge in [-0.2, -0.15) is 26.3 Å². The minimum Gasteiger partial charge on any atom is -0.496 e. The van der Waals surface area contributed by atoms with E-state index in [-0.39, 0.29) is 24.3 Å². The maximum absolute atomic E-state index is 14.9. The van der Waals surface area contributed by atoms with Crippen molar-refractivity contribution in [1.29, 1.82) is 0 Å². The van der Waals surface area contributed by atoms with Gasteiger partial charge in [-0.3, -0.25) is 4.90 Å². The standard InChI is InChI=1S/C31H26F7NO3S/c1-15(2)21-12-22(24(41-4)13-23(21)32)27-20-7-5-6-8-25(20)43-26(27)14-39-16(3)28(42-29(39)40)17-9-18(30(33,34)35)11-19(10-17)31(36,37)38/h5-13,15-16,28H,14H2,1-4H3/t16-,28-/m0/s1. The van der Waals surface area contributed by atoms with Gasteiger partial charge in [0.15, 0.2) is 0 Å². The lowest BCUT2D eigenvalue weighted by molar-refractivity contribution is -0.143. The molecule has 43 heavy (non-hydrogen) atoms. The van der Waals surface area contributed by atoms with E-state index < -0.39 is 53.1 Å². The summed E-state index contributed by atoms with van der Waals surface area (Å²) in [6.07, 6.45) is -12.4. The molecule has 1 aliphatic heterocycles. The number of fused-ring (bicyclic) bond motifs is 1. The van der Waals surface area contributed by atoms with E-state index in [1.807, 2.05) is 38.1 Å². The Balaban J connectivity index is 1.59. The number of ether oxygens (including phenoxy) is 2. The highest BCUT2D eigenvalue weighted by Crippen LogP contribution is 2.46. The number of rotatable bonds is 6. The third-order valence-corrected chi connectivity index (χ3v) is 8.68. The number of hydrogen-bond acceptors (Lipinski definition) is 4. The number of methoxy groups -OCH3 is 1. The highest BCUT2D eigenvalue weighted by Gasteiger charge is 2.43. The van der Waals surface area contributed by atoms with E-state index >= 15 is 0 Å². The molecule has 1 fully saturated rings. The SMILES string of the molecule is COc1cc(F)c(C(C)C)cc1-c1c(CN2C(=O)O[C@H](c3cc(C(F)(F)F)cc(C(F)(F)F)c3)[C@@H]2C)sc2ccccc12. The number of amides is 1. The number of carbonyl (C=O) groups excluding carboxylic acids is 1. The van der Waals surface area contributed by atoms with E-state index in [4.69, 9.17) is 9.47 Å². The lowest BCUT2D eigenvalue weighted by Gasteiger charge is -2.23. The van der Waals surface area contributed by atoms with E-state index in [2.05, 4.69) is 0 Å². The van der Waals surface area contributed by atoms with Crippen LogP contribution in [0.4, 0.5) is 35.5 Å². The van der Waals surface area contributed by atoms with Crippen molar-refractivity contribution in [2.45, 2.75) is 57.7 Å². The number of halogens is 7. The second-order valence-corrected chi connectivity index (χ2v) is 11.8. The van der Waals surface area contributed by atoms with E-state index in [0.717, 1.165) is 10.1 Å². The molecule has 5 rings (SSSR count). The summed E-state index contributed by atoms with van der Waals surface area (Å²) in [6, 6.07) is 10.7. The van der Waals surface area contributed by atoms with Gasteiger partial charge in [-0.05, 0) is 54.3 Å². The van der Waals surface area contributed by atoms with Crippen molar-refractivity contribution < 1.29 is 45.0 Å². The van der Waals surface area contributed by atoms with Crippen molar-refractivity contribution in [3.8, 4) is 16.9 Å². The molecule has 0 aliphatic carbocycles. The van der Waals surface area contributed by atoms with E-state index in [1.165, 1.54) is 36.3 Å². The fourth-order valence-corrected chi connectivity index (χ4v) is 6.56. The number of thiophene rings is 1. The Morgan fingerprint density at radius 3 is 2.19 bits per heavy atom. The molecule has 1 amide bonds. The summed E-state index contributed by atoms with van der Waals surface area (Å²) in [5.74, 6) is -0.317. The Hall–Kier alpha value is -3.80. The monoisotopic (exact) mass is 625 g/mol. The Morgan fingerprint density at radius 2 is 1.60 bits per heavy atom. The molecule has 3 aromatic carbocycles. The fraction of sp³-hybridized carbons (Fsp3) is 0.323. The number of cyclic esters (lactones) is 1. The van der Waals surface area contributed by atoms with Crippen LogP contribution < -0.4 is 4.74 Å². The van der Waals surface area contributed by atoms with Crippen LogP contribution in [0.3, 0.4) is 0 Å². The number of hydrogen-bond donors (Lipinski definition) is 0. The molecule has 0 saturated carbocycles. The first-order chi connectivity index (χ1) is 20.1. The number of nitrogens with zero attached hydrogens (tertiary/aromatic N) is 1. The zero-order valence-corrected chi connectivity index (χ0v) is 24.2. The molecule has 2 heterocycles. The zero-order chi connectivity index (χ0) is 31.4. The minimum absolute atomic E-state index is 0.0354. The van der Waals surface area contributed by atoms with Crippen molar-refractivity contribution in [2.75, 3.05) is 7.11 Å². The predicted molar refractivity (Wildman–Crippen MR) is 149 cm³/mol. The van der Waals surface area contributed by atoms with Crippen LogP contribution in [0.1, 0.15) is 59.9 Å². The summed E-state index contributed by atoms with van der Waals surface area (Å²) < 4.78 is 108. The molecule has 1 saturated heterocycles. The Morgan fingerprint density at radius 1 is 0.977 bits per heavy atom. The van der Waals surface area contributed by atoms with Gasteiger partial charge >= 0.3 is 18.4 Å². The maximum atomic E-state index is 14.9. The van der Waals surface area contributed by atoms with Gasteiger partial charge in [0.2, 0.25) is 0 Å². The molecule has 4 nitrogen and oxygen atoms in total. The molecular formula is C31H26F7NO3S. The first-order valence-electron chi connectivity index (χ1n) is 13.2. The molecule has 228 valence electrons. The minimum atomic E-state index is -5.05. The van der Waals surface area contributed by atoms with Crippen LogP contribution in [0.25, 0.3) is 21.2 Å². The van der Waals surface area contributed by atoms with Crippen LogP contribution >= 0.6 is 11.3 Å². The molecule has 0 radical (unpaired) electrons. The first-order valence-corrected chi connectivity index (χ1v) is 14.1. The van der Waals surface area contributed by atoms with Crippen molar-refractivity contribution >= 4 is 27.5 Å². The summed E-state index contributed by atoms with van der Waals surface area (Å²) >= 11 is 1.36. The van der Waals surface area contributed by atoms with Crippen molar-refractivity contribution in [2.24, 2.45) is 0 Å². The molecular weight excluding hydrogens is 599 g/mol. The lowest BCUT2D eigenvalue weighted by atomic mass is 9.94. The number of alkyl halides is 6. The van der Waals surface area contributed by atoms with Crippen LogP contribution in [0.5, 0.6) is 5.75 Å². The largest absolute Gasteiger partial charge is 0.496 e. The summed E-state index contributed by atoms with van der Waals surface area (Å²) in [5.41, 5.74) is -1.67. The predicted octanol–water partition coefficient (Wildman–Crippen LogP) is 9.96. The van der Waals surface area contributed by atoms with Gasteiger partial charge in [-0.25, -0.2) is 9.18 Å². The van der Waals surface area contributed by atoms with E-state index in [1.54, 1.807) is 6.07 Å². The molecule has 2 atom stereocenters. The van der Waals surface area contributed by atoms with Gasteiger partial charge in [0.25, 0.3) is 0 Å². The normalized spacial score (nSPS) is 17.7. The van der Waals surface area contributed by atoms with Gasteiger partial charge in [0, 0.05) is 32.2 Å². The van der Waals surface area contributed by atoms with Crippen molar-refractivity contribution in [3.05, 3.63) is 87.5 Å². The highest BCUT2D eigenvalue weighted by molar-refractivity contribution is 7.19. The molecule has 0 spiro atoms. The van der Waals surface area contributed by atoms with Crippen LogP contribution in [0.15, 0.2) is 54.6 Å². The van der Waals surface area contributed by atoms with E-state index in [0.29, 0.717) is 33.7 Å². The third kappa shape index (κ3) is 5.76. The topological polar surface area (TPSA) is 38.8 Å². The fourth-order valence-electron chi connectivity index (χ4n) is 5.34. The van der Waals surface area contributed by atoms with Gasteiger partial charge in [0.05, 0.1) is 30.8 Å². The summed E-state index contributed by atoms with van der Waals surface area (Å²) in [5, 5.41) is 0.812. The molecule has 4 aromatic rings. The summed E-state index contributed by atoms with van der Waals surface area (Å²) in [4.78, 5) is 15.0. The van der Waals surface area contributed by atoms with Crippen LogP contribution in [0.2, 0.25) is 0 Å². The molecule has 1 aromatic heterocycles. The molecule has 0 unspecified atom stereocenters. The third-order valence-electron chi connectivity index (χ3n) is 7.52. The second kappa shape index (κ2) is 11.0. The molecule has 0 bridgehead atoms. The smallest absolute Gasteiger partial charge is 0.416 e. The Labute approximate surface area is 246 Å². The summed E-state index contributed by atoms with van der Waals surface area (Å²) in [7, 11) is 1.41. The lowest BCUT2D eigenvalue weighted by Crippen LogP contribution is -2.31. The van der Waals surface area contributed by atoms with Crippen LogP contribution in [0, 0.1) is 5.82 Å². The number of benzene rings is 3. The average molecular weight is 626 g/mol. The molecule has 12 heteroatoms. The van der Waals surface area contributed by atoms with E-state index in [9.17, 15) is 35.5 Å².